The lowest BCUT2D eigenvalue weighted by atomic mass is 9.97. The summed E-state index contributed by atoms with van der Waals surface area (Å²) in [5.41, 5.74) is 8.25. The van der Waals surface area contributed by atoms with Crippen molar-refractivity contribution in [3.63, 3.8) is 0 Å². The smallest absolute Gasteiger partial charge is 0.0991 e. The Morgan fingerprint density at radius 3 is 2.49 bits per heavy atom. The van der Waals surface area contributed by atoms with Crippen LogP contribution in [0.2, 0.25) is 0 Å². The standard InChI is InChI=1S/C34H20N2S/c35-21-22-7-5-9-25(19-22)27-11-6-12-32-33(27)29-20-26(16-18-31(29)37-32)30-17-15-24-14-13-23-8-3-1-2-4-10-28(23)34(24)36-30/h1-20H/b2-1+,3-1?,4-2?,8-3-,10-4+,23-8?,28-10?. The molecule has 0 fully saturated rings. The van der Waals surface area contributed by atoms with Gasteiger partial charge in [-0.15, -0.1) is 11.3 Å². The Morgan fingerprint density at radius 2 is 1.57 bits per heavy atom. The maximum atomic E-state index is 9.43. The van der Waals surface area contributed by atoms with Gasteiger partial charge in [0.15, 0.2) is 0 Å². The minimum Gasteiger partial charge on any atom is -0.247 e. The molecule has 2 heterocycles. The van der Waals surface area contributed by atoms with Crippen molar-refractivity contribution in [1.29, 1.82) is 5.26 Å². The summed E-state index contributed by atoms with van der Waals surface area (Å²) in [7, 11) is 0. The summed E-state index contributed by atoms with van der Waals surface area (Å²) < 4.78 is 2.48. The quantitative estimate of drug-likeness (QED) is 0.243. The van der Waals surface area contributed by atoms with Crippen LogP contribution in [0.25, 0.3) is 65.6 Å². The molecule has 0 saturated carbocycles. The summed E-state index contributed by atoms with van der Waals surface area (Å²) in [4.78, 5) is 5.16. The molecule has 0 atom stereocenters. The molecule has 0 N–H and O–H groups in total. The van der Waals surface area contributed by atoms with Gasteiger partial charge in [-0.2, -0.15) is 5.26 Å². The van der Waals surface area contributed by atoms with Gasteiger partial charge in [0, 0.05) is 36.7 Å². The van der Waals surface area contributed by atoms with Crippen LogP contribution < -0.4 is 0 Å². The van der Waals surface area contributed by atoms with Gasteiger partial charge in [-0.1, -0.05) is 85.0 Å². The molecule has 3 heteroatoms. The van der Waals surface area contributed by atoms with E-state index in [-0.39, 0.29) is 0 Å². The molecular weight excluding hydrogens is 468 g/mol. The highest BCUT2D eigenvalue weighted by Crippen LogP contribution is 2.41. The van der Waals surface area contributed by atoms with E-state index in [2.05, 4.69) is 97.1 Å². The highest BCUT2D eigenvalue weighted by molar-refractivity contribution is 7.26. The van der Waals surface area contributed by atoms with Crippen molar-refractivity contribution in [3.8, 4) is 28.5 Å². The molecule has 0 saturated heterocycles. The molecule has 7 rings (SSSR count). The number of nitrogens with zero attached hydrogens (tertiary/aromatic N) is 2. The normalized spacial score (nSPS) is 15.1. The fraction of sp³-hybridized carbons (Fsp3) is 0. The molecule has 4 aromatic carbocycles. The lowest BCUT2D eigenvalue weighted by Crippen LogP contribution is -1.91. The molecule has 172 valence electrons. The lowest BCUT2D eigenvalue weighted by Gasteiger charge is -2.10. The first-order chi connectivity index (χ1) is 18.3. The molecule has 0 radical (unpaired) electrons. The van der Waals surface area contributed by atoms with Gasteiger partial charge in [0.05, 0.1) is 22.8 Å². The van der Waals surface area contributed by atoms with Crippen molar-refractivity contribution >= 4 is 54.6 Å². The maximum Gasteiger partial charge on any atom is 0.0991 e. The zero-order valence-corrected chi connectivity index (χ0v) is 20.7. The van der Waals surface area contributed by atoms with Gasteiger partial charge in [0.2, 0.25) is 0 Å². The predicted molar refractivity (Wildman–Crippen MR) is 157 cm³/mol. The number of benzene rings is 4. The molecular formula is C34H20N2S. The number of nitriles is 1. The van der Waals surface area contributed by atoms with Crippen LogP contribution in [0.4, 0.5) is 0 Å². The minimum absolute atomic E-state index is 0.671. The average Bonchev–Trinajstić information content (AvgIpc) is 3.31. The molecule has 0 bridgehead atoms. The van der Waals surface area contributed by atoms with Gasteiger partial charge in [0.25, 0.3) is 0 Å². The van der Waals surface area contributed by atoms with Gasteiger partial charge in [0.1, 0.15) is 0 Å². The van der Waals surface area contributed by atoms with Crippen LogP contribution in [0, 0.1) is 11.3 Å². The van der Waals surface area contributed by atoms with Crippen LogP contribution in [0.3, 0.4) is 0 Å². The van der Waals surface area contributed by atoms with Crippen LogP contribution in [0.1, 0.15) is 16.7 Å². The molecule has 0 spiro atoms. The van der Waals surface area contributed by atoms with E-state index in [1.54, 1.807) is 11.3 Å². The third-order valence-corrected chi connectivity index (χ3v) is 8.04. The number of thiophene rings is 1. The number of fused-ring (bicyclic) bond motifs is 6. The highest BCUT2D eigenvalue weighted by atomic mass is 32.1. The van der Waals surface area contributed by atoms with Crippen LogP contribution in [0.15, 0.2) is 109 Å². The third kappa shape index (κ3) is 3.67. The lowest BCUT2D eigenvalue weighted by molar-refractivity contribution is 1.39. The first-order valence-electron chi connectivity index (χ1n) is 12.2. The van der Waals surface area contributed by atoms with Crippen molar-refractivity contribution in [3.05, 3.63) is 126 Å². The first-order valence-corrected chi connectivity index (χ1v) is 13.0. The Kier molecular flexibility index (Phi) is 5.06. The number of rotatable bonds is 2. The van der Waals surface area contributed by atoms with E-state index in [0.717, 1.165) is 38.9 Å². The van der Waals surface area contributed by atoms with E-state index in [9.17, 15) is 5.26 Å². The van der Waals surface area contributed by atoms with E-state index >= 15 is 0 Å². The highest BCUT2D eigenvalue weighted by Gasteiger charge is 2.14. The summed E-state index contributed by atoms with van der Waals surface area (Å²) in [6.07, 6.45) is 12.5. The molecule has 0 amide bonds. The maximum absolute atomic E-state index is 9.43. The summed E-state index contributed by atoms with van der Waals surface area (Å²) in [6, 6.07) is 31.8. The number of hydrogen-bond acceptors (Lipinski definition) is 3. The Hall–Kier alpha value is -4.78. The average molecular weight is 489 g/mol. The molecule has 2 aromatic heterocycles. The second-order valence-corrected chi connectivity index (χ2v) is 10.2. The fourth-order valence-corrected chi connectivity index (χ4v) is 6.24. The molecule has 1 aliphatic rings. The molecule has 2 nitrogen and oxygen atoms in total. The number of pyridine rings is 1. The second-order valence-electron chi connectivity index (χ2n) is 9.12. The summed E-state index contributed by atoms with van der Waals surface area (Å²) in [6.45, 7) is 0. The SMILES string of the molecule is N#Cc1cccc(-c2cccc3sc4ccc(-c5ccc6ccc7c(c6n5)/C=C/C=C/C=C\7)cc4c23)c1. The van der Waals surface area contributed by atoms with Gasteiger partial charge < -0.3 is 0 Å². The third-order valence-electron chi connectivity index (χ3n) is 6.90. The minimum atomic E-state index is 0.671. The van der Waals surface area contributed by atoms with Crippen molar-refractivity contribution in [2.24, 2.45) is 0 Å². The van der Waals surface area contributed by atoms with E-state index in [0.29, 0.717) is 5.56 Å². The number of hydrogen-bond donors (Lipinski definition) is 0. The Bertz CT molecular complexity index is 2000. The number of aromatic nitrogens is 1. The van der Waals surface area contributed by atoms with Crippen LogP contribution in [0.5, 0.6) is 0 Å². The van der Waals surface area contributed by atoms with Crippen LogP contribution in [-0.4, -0.2) is 4.98 Å². The van der Waals surface area contributed by atoms with Crippen molar-refractivity contribution in [2.45, 2.75) is 0 Å². The zero-order valence-electron chi connectivity index (χ0n) is 19.8. The topological polar surface area (TPSA) is 36.7 Å². The molecule has 0 aliphatic heterocycles. The van der Waals surface area contributed by atoms with E-state index < -0.39 is 0 Å². The van der Waals surface area contributed by atoms with Gasteiger partial charge in [-0.3, -0.25) is 0 Å². The van der Waals surface area contributed by atoms with Crippen LogP contribution >= 0.6 is 11.3 Å². The molecule has 0 unspecified atom stereocenters. The summed E-state index contributed by atoms with van der Waals surface area (Å²) in [5.74, 6) is 0. The van der Waals surface area contributed by atoms with E-state index in [4.69, 9.17) is 4.98 Å². The number of allylic oxidation sites excluding steroid dienone is 4. The van der Waals surface area contributed by atoms with E-state index in [1.807, 2.05) is 30.4 Å². The predicted octanol–water partition coefficient (Wildman–Crippen LogP) is 9.40. The Morgan fingerprint density at radius 1 is 0.703 bits per heavy atom. The van der Waals surface area contributed by atoms with Gasteiger partial charge in [-0.25, -0.2) is 4.98 Å². The van der Waals surface area contributed by atoms with Crippen molar-refractivity contribution in [1.82, 2.24) is 4.98 Å². The van der Waals surface area contributed by atoms with Gasteiger partial charge >= 0.3 is 0 Å². The van der Waals surface area contributed by atoms with Gasteiger partial charge in [-0.05, 0) is 53.1 Å². The molecule has 6 aromatic rings. The Balaban J connectivity index is 1.44. The summed E-state index contributed by atoms with van der Waals surface area (Å²) in [5, 5.41) is 13.0. The largest absolute Gasteiger partial charge is 0.247 e. The molecule has 1 aliphatic carbocycles. The van der Waals surface area contributed by atoms with Crippen LogP contribution in [-0.2, 0) is 0 Å². The fourth-order valence-electron chi connectivity index (χ4n) is 5.13. The Labute approximate surface area is 218 Å². The molecule has 37 heavy (non-hydrogen) atoms. The second kappa shape index (κ2) is 8.71. The monoisotopic (exact) mass is 488 g/mol. The van der Waals surface area contributed by atoms with Crippen molar-refractivity contribution in [2.75, 3.05) is 0 Å². The van der Waals surface area contributed by atoms with E-state index in [1.165, 1.54) is 25.7 Å². The summed E-state index contributed by atoms with van der Waals surface area (Å²) >= 11 is 1.80. The van der Waals surface area contributed by atoms with Crippen molar-refractivity contribution < 1.29 is 0 Å². The first kappa shape index (κ1) is 21.5. The zero-order chi connectivity index (χ0) is 24.8.